The number of carbonyl (C=O) groups excluding carboxylic acids is 1. The van der Waals surface area contributed by atoms with Gasteiger partial charge in [0.25, 0.3) is 5.97 Å². The van der Waals surface area contributed by atoms with Crippen LogP contribution in [0, 0.1) is 10.8 Å². The summed E-state index contributed by atoms with van der Waals surface area (Å²) in [5.41, 5.74) is -1.01. The molecule has 0 amide bonds. The van der Waals surface area contributed by atoms with Crippen molar-refractivity contribution in [2.24, 2.45) is 10.8 Å². The zero-order chi connectivity index (χ0) is 19.3. The number of carbonyl (C=O) groups is 1. The molecule has 3 rings (SSSR count). The van der Waals surface area contributed by atoms with Gasteiger partial charge in [0.2, 0.25) is 0 Å². The lowest BCUT2D eigenvalue weighted by Gasteiger charge is -2.48. The summed E-state index contributed by atoms with van der Waals surface area (Å²) in [5.74, 6) is -1.50. The molecule has 1 unspecified atom stereocenters. The van der Waals surface area contributed by atoms with E-state index in [-0.39, 0.29) is 18.7 Å². The van der Waals surface area contributed by atoms with Crippen LogP contribution in [-0.4, -0.2) is 55.9 Å². The molecule has 7 heteroatoms. The summed E-state index contributed by atoms with van der Waals surface area (Å²) in [7, 11) is 0. The fourth-order valence-electron chi connectivity index (χ4n) is 3.24. The monoisotopic (exact) mass is 370 g/mol. The second-order valence-electron chi connectivity index (χ2n) is 9.07. The van der Waals surface area contributed by atoms with Gasteiger partial charge < -0.3 is 23.7 Å². The van der Waals surface area contributed by atoms with Crippen LogP contribution in [0.5, 0.6) is 0 Å². The first kappa shape index (κ1) is 19.8. The Kier molecular flexibility index (Phi) is 4.99. The highest BCUT2D eigenvalue weighted by Gasteiger charge is 2.69. The molecule has 0 N–H and O–H groups in total. The van der Waals surface area contributed by atoms with Gasteiger partial charge >= 0.3 is 5.97 Å². The summed E-state index contributed by atoms with van der Waals surface area (Å²) in [6.07, 6.45) is -0.721. The summed E-state index contributed by atoms with van der Waals surface area (Å²) in [5, 5.41) is 0. The van der Waals surface area contributed by atoms with E-state index >= 15 is 0 Å². The fourth-order valence-corrected chi connectivity index (χ4v) is 3.24. The standard InChI is InChI=1S/C19H30O7/c1-8-9-21-13-12-11(10-22-16(20)17(2,3)4)23-15-14(13)25-19(24-12,26-15)18(5,6)7/h8,11-15H,1,9-10H2,2-7H3/t11-,12-,13+,14-,15-,19?/m1/s1. The fraction of sp³-hybridized carbons (Fsp3) is 0.842. The van der Waals surface area contributed by atoms with Gasteiger partial charge in [-0.05, 0) is 20.8 Å². The summed E-state index contributed by atoms with van der Waals surface area (Å²) in [6.45, 7) is 15.5. The van der Waals surface area contributed by atoms with E-state index in [0.717, 1.165) is 0 Å². The minimum absolute atomic E-state index is 0.0710. The Hall–Kier alpha value is -0.990. The van der Waals surface area contributed by atoms with Gasteiger partial charge in [-0.3, -0.25) is 9.53 Å². The molecular formula is C19H30O7. The lowest BCUT2D eigenvalue weighted by atomic mass is 9.90. The first-order chi connectivity index (χ1) is 12.0. The predicted octanol–water partition coefficient (Wildman–Crippen LogP) is 2.39. The summed E-state index contributed by atoms with van der Waals surface area (Å²) >= 11 is 0. The highest BCUT2D eigenvalue weighted by atomic mass is 17.0. The summed E-state index contributed by atoms with van der Waals surface area (Å²) < 4.78 is 35.7. The van der Waals surface area contributed by atoms with E-state index in [1.54, 1.807) is 6.08 Å². The Morgan fingerprint density at radius 2 is 1.77 bits per heavy atom. The molecule has 0 aromatic rings. The number of esters is 1. The average Bonchev–Trinajstić information content (AvgIpc) is 2.74. The molecule has 0 radical (unpaired) electrons. The molecule has 0 saturated carbocycles. The zero-order valence-corrected chi connectivity index (χ0v) is 16.4. The number of ether oxygens (including phenoxy) is 6. The minimum atomic E-state index is -1.20. The van der Waals surface area contributed by atoms with Crippen LogP contribution in [0.15, 0.2) is 12.7 Å². The number of hydrogen-bond donors (Lipinski definition) is 0. The van der Waals surface area contributed by atoms with E-state index in [9.17, 15) is 4.79 Å². The second kappa shape index (κ2) is 6.56. The molecule has 3 aliphatic rings. The molecule has 3 aliphatic heterocycles. The smallest absolute Gasteiger partial charge is 0.311 e. The second-order valence-corrected chi connectivity index (χ2v) is 9.07. The highest BCUT2D eigenvalue weighted by Crippen LogP contribution is 2.53. The maximum atomic E-state index is 12.1. The van der Waals surface area contributed by atoms with E-state index < -0.39 is 41.4 Å². The van der Waals surface area contributed by atoms with Crippen LogP contribution < -0.4 is 0 Å². The molecule has 7 nitrogen and oxygen atoms in total. The predicted molar refractivity (Wildman–Crippen MR) is 92.0 cm³/mol. The molecular weight excluding hydrogens is 340 g/mol. The molecule has 0 aromatic heterocycles. The molecule has 3 heterocycles. The van der Waals surface area contributed by atoms with E-state index in [1.807, 2.05) is 41.5 Å². The maximum absolute atomic E-state index is 12.1. The van der Waals surface area contributed by atoms with Crippen molar-refractivity contribution < 1.29 is 33.2 Å². The Morgan fingerprint density at radius 3 is 2.35 bits per heavy atom. The largest absolute Gasteiger partial charge is 0.462 e. The van der Waals surface area contributed by atoms with Crippen LogP contribution >= 0.6 is 0 Å². The van der Waals surface area contributed by atoms with E-state index in [4.69, 9.17) is 28.4 Å². The third-order valence-corrected chi connectivity index (χ3v) is 4.76. The van der Waals surface area contributed by atoms with Crippen LogP contribution in [0.2, 0.25) is 0 Å². The van der Waals surface area contributed by atoms with Gasteiger partial charge in [0.15, 0.2) is 6.29 Å². The third kappa shape index (κ3) is 3.31. The molecule has 3 fully saturated rings. The van der Waals surface area contributed by atoms with Gasteiger partial charge in [-0.1, -0.05) is 26.8 Å². The average molecular weight is 370 g/mol. The quantitative estimate of drug-likeness (QED) is 0.543. The molecule has 6 atom stereocenters. The molecule has 26 heavy (non-hydrogen) atoms. The SMILES string of the molecule is C=CCO[C@@H]1[C@H]2OC3(C(C)(C)C)O[C@H]2O[C@H](COC(=O)C(C)(C)C)[C@H]1O3. The number of hydrogen-bond acceptors (Lipinski definition) is 7. The van der Waals surface area contributed by atoms with Crippen LogP contribution in [-0.2, 0) is 33.2 Å². The molecule has 148 valence electrons. The first-order valence-electron chi connectivity index (χ1n) is 9.07. The summed E-state index contributed by atoms with van der Waals surface area (Å²) in [6, 6.07) is 0. The lowest BCUT2D eigenvalue weighted by Crippen LogP contribution is -2.64. The molecule has 0 spiro atoms. The molecule has 0 aliphatic carbocycles. The normalized spacial score (nSPS) is 39.1. The summed E-state index contributed by atoms with van der Waals surface area (Å²) in [4.78, 5) is 12.1. The first-order valence-corrected chi connectivity index (χ1v) is 9.07. The van der Waals surface area contributed by atoms with E-state index in [2.05, 4.69) is 6.58 Å². The molecule has 3 saturated heterocycles. The van der Waals surface area contributed by atoms with Gasteiger partial charge in [-0.2, -0.15) is 0 Å². The van der Waals surface area contributed by atoms with Gasteiger partial charge in [-0.25, -0.2) is 0 Å². The van der Waals surface area contributed by atoms with Gasteiger partial charge in [0.05, 0.1) is 12.0 Å². The Balaban J connectivity index is 1.79. The van der Waals surface area contributed by atoms with Gasteiger partial charge in [0.1, 0.15) is 31.0 Å². The Bertz CT molecular complexity index is 561. The molecule has 3 bridgehead atoms. The van der Waals surface area contributed by atoms with Crippen molar-refractivity contribution in [2.75, 3.05) is 13.2 Å². The van der Waals surface area contributed by atoms with Crippen LogP contribution in [0.3, 0.4) is 0 Å². The Labute approximate surface area is 154 Å². The third-order valence-electron chi connectivity index (χ3n) is 4.76. The van der Waals surface area contributed by atoms with Crippen LogP contribution in [0.1, 0.15) is 41.5 Å². The lowest BCUT2D eigenvalue weighted by molar-refractivity contribution is -0.429. The van der Waals surface area contributed by atoms with E-state index in [0.29, 0.717) is 6.61 Å². The number of fused-ring (bicyclic) bond motifs is 2. The van der Waals surface area contributed by atoms with E-state index in [1.165, 1.54) is 0 Å². The van der Waals surface area contributed by atoms with Gasteiger partial charge in [0, 0.05) is 5.41 Å². The van der Waals surface area contributed by atoms with Crippen molar-refractivity contribution in [3.05, 3.63) is 12.7 Å². The maximum Gasteiger partial charge on any atom is 0.311 e. The van der Waals surface area contributed by atoms with Crippen molar-refractivity contribution >= 4 is 5.97 Å². The minimum Gasteiger partial charge on any atom is -0.462 e. The number of rotatable bonds is 5. The highest BCUT2D eigenvalue weighted by molar-refractivity contribution is 5.75. The van der Waals surface area contributed by atoms with Crippen molar-refractivity contribution in [1.82, 2.24) is 0 Å². The Morgan fingerprint density at radius 1 is 1.12 bits per heavy atom. The molecule has 0 aromatic carbocycles. The van der Waals surface area contributed by atoms with Crippen molar-refractivity contribution in [1.29, 1.82) is 0 Å². The topological polar surface area (TPSA) is 72.5 Å². The van der Waals surface area contributed by atoms with Gasteiger partial charge in [-0.15, -0.1) is 6.58 Å². The zero-order valence-electron chi connectivity index (χ0n) is 16.4. The van der Waals surface area contributed by atoms with Crippen molar-refractivity contribution in [3.8, 4) is 0 Å². The van der Waals surface area contributed by atoms with Crippen LogP contribution in [0.25, 0.3) is 0 Å². The van der Waals surface area contributed by atoms with Crippen molar-refractivity contribution in [2.45, 2.75) is 78.2 Å². The van der Waals surface area contributed by atoms with Crippen LogP contribution in [0.4, 0.5) is 0 Å². The van der Waals surface area contributed by atoms with Crippen molar-refractivity contribution in [3.63, 3.8) is 0 Å².